The SMILES string of the molecule is Oc1ccc(-c2nc3n(n2)C2CCCC2CN3)cc1. The van der Waals surface area contributed by atoms with Gasteiger partial charge in [-0.05, 0) is 43.0 Å². The van der Waals surface area contributed by atoms with Crippen LogP contribution in [0.1, 0.15) is 25.3 Å². The van der Waals surface area contributed by atoms with Crippen LogP contribution in [0.15, 0.2) is 24.3 Å². The fraction of sp³-hybridized carbons (Fsp3) is 0.429. The maximum absolute atomic E-state index is 9.33. The molecule has 2 N–H and O–H groups in total. The second-order valence-corrected chi connectivity index (χ2v) is 5.39. The molecule has 5 nitrogen and oxygen atoms in total. The maximum Gasteiger partial charge on any atom is 0.221 e. The molecule has 2 aliphatic rings. The number of anilines is 1. The Bertz CT molecular complexity index is 604. The lowest BCUT2D eigenvalue weighted by Gasteiger charge is -2.26. The van der Waals surface area contributed by atoms with Crippen LogP contribution in [-0.4, -0.2) is 26.4 Å². The van der Waals surface area contributed by atoms with Gasteiger partial charge < -0.3 is 10.4 Å². The normalized spacial score (nSPS) is 24.6. The Morgan fingerprint density at radius 2 is 2.05 bits per heavy atom. The Kier molecular flexibility index (Phi) is 2.27. The van der Waals surface area contributed by atoms with Gasteiger partial charge in [0.2, 0.25) is 5.95 Å². The van der Waals surface area contributed by atoms with E-state index in [0.717, 1.165) is 23.9 Å². The first-order valence-corrected chi connectivity index (χ1v) is 6.81. The van der Waals surface area contributed by atoms with E-state index in [-0.39, 0.29) is 5.75 Å². The van der Waals surface area contributed by atoms with E-state index in [9.17, 15) is 5.11 Å². The minimum absolute atomic E-state index is 0.265. The van der Waals surface area contributed by atoms with Gasteiger partial charge in [-0.1, -0.05) is 6.42 Å². The van der Waals surface area contributed by atoms with Crippen molar-refractivity contribution in [2.75, 3.05) is 11.9 Å². The molecule has 1 aromatic heterocycles. The highest BCUT2D eigenvalue weighted by Gasteiger charge is 2.35. The number of nitrogens with one attached hydrogen (secondary N) is 1. The standard InChI is InChI=1S/C14H16N4O/c19-11-6-4-9(5-7-11)13-16-14-15-8-10-2-1-3-12(10)18(14)17-13/h4-7,10,12,19H,1-3,8H2,(H,15,16,17). The summed E-state index contributed by atoms with van der Waals surface area (Å²) in [5.41, 5.74) is 0.941. The molecule has 0 bridgehead atoms. The number of fused-ring (bicyclic) bond motifs is 3. The van der Waals surface area contributed by atoms with Gasteiger partial charge >= 0.3 is 0 Å². The van der Waals surface area contributed by atoms with Crippen LogP contribution in [0.4, 0.5) is 5.95 Å². The van der Waals surface area contributed by atoms with Crippen LogP contribution in [0.5, 0.6) is 5.75 Å². The summed E-state index contributed by atoms with van der Waals surface area (Å²) in [6.07, 6.45) is 3.77. The smallest absolute Gasteiger partial charge is 0.221 e. The Morgan fingerprint density at radius 1 is 1.21 bits per heavy atom. The van der Waals surface area contributed by atoms with E-state index >= 15 is 0 Å². The van der Waals surface area contributed by atoms with Crippen LogP contribution in [0.2, 0.25) is 0 Å². The van der Waals surface area contributed by atoms with Crippen molar-refractivity contribution in [1.82, 2.24) is 14.8 Å². The molecule has 0 saturated heterocycles. The first-order chi connectivity index (χ1) is 9.31. The zero-order chi connectivity index (χ0) is 12.8. The van der Waals surface area contributed by atoms with Gasteiger partial charge in [0.1, 0.15) is 5.75 Å². The van der Waals surface area contributed by atoms with Crippen LogP contribution in [0, 0.1) is 5.92 Å². The van der Waals surface area contributed by atoms with Crippen molar-refractivity contribution < 1.29 is 5.11 Å². The molecule has 1 aliphatic heterocycles. The number of hydrogen-bond donors (Lipinski definition) is 2. The molecule has 19 heavy (non-hydrogen) atoms. The van der Waals surface area contributed by atoms with Crippen molar-refractivity contribution in [3.05, 3.63) is 24.3 Å². The number of phenolic OH excluding ortho intramolecular Hbond substituents is 1. The van der Waals surface area contributed by atoms with Crippen LogP contribution in [0.3, 0.4) is 0 Å². The van der Waals surface area contributed by atoms with E-state index in [1.165, 1.54) is 19.3 Å². The van der Waals surface area contributed by atoms with Gasteiger partial charge in [-0.3, -0.25) is 0 Å². The van der Waals surface area contributed by atoms with E-state index < -0.39 is 0 Å². The number of nitrogens with zero attached hydrogens (tertiary/aromatic N) is 3. The van der Waals surface area contributed by atoms with E-state index in [4.69, 9.17) is 0 Å². The van der Waals surface area contributed by atoms with E-state index in [1.54, 1.807) is 12.1 Å². The zero-order valence-corrected chi connectivity index (χ0v) is 10.6. The number of phenols is 1. The summed E-state index contributed by atoms with van der Waals surface area (Å²) < 4.78 is 2.06. The first-order valence-electron chi connectivity index (χ1n) is 6.81. The van der Waals surface area contributed by atoms with Gasteiger partial charge in [-0.25, -0.2) is 4.68 Å². The number of rotatable bonds is 1. The lowest BCUT2D eigenvalue weighted by molar-refractivity contribution is 0.346. The van der Waals surface area contributed by atoms with Crippen molar-refractivity contribution in [2.24, 2.45) is 5.92 Å². The van der Waals surface area contributed by atoms with Crippen LogP contribution >= 0.6 is 0 Å². The Hall–Kier alpha value is -2.04. The van der Waals surface area contributed by atoms with Gasteiger partial charge in [0.25, 0.3) is 0 Å². The van der Waals surface area contributed by atoms with E-state index in [1.807, 2.05) is 12.1 Å². The molecule has 0 radical (unpaired) electrons. The van der Waals surface area contributed by atoms with Gasteiger partial charge in [0, 0.05) is 12.1 Å². The molecule has 0 amide bonds. The summed E-state index contributed by atoms with van der Waals surface area (Å²) >= 11 is 0. The summed E-state index contributed by atoms with van der Waals surface area (Å²) in [5.74, 6) is 2.57. The first kappa shape index (κ1) is 10.8. The average Bonchev–Trinajstić information content (AvgIpc) is 3.04. The Morgan fingerprint density at radius 3 is 2.89 bits per heavy atom. The maximum atomic E-state index is 9.33. The Labute approximate surface area is 111 Å². The minimum Gasteiger partial charge on any atom is -0.508 e. The molecule has 2 unspecified atom stereocenters. The number of aromatic hydroxyl groups is 1. The summed E-state index contributed by atoms with van der Waals surface area (Å²) in [7, 11) is 0. The quantitative estimate of drug-likeness (QED) is 0.822. The molecule has 2 heterocycles. The zero-order valence-electron chi connectivity index (χ0n) is 10.6. The average molecular weight is 256 g/mol. The third-order valence-corrected chi connectivity index (χ3v) is 4.21. The lowest BCUT2D eigenvalue weighted by Crippen LogP contribution is -2.29. The number of benzene rings is 1. The second kappa shape index (κ2) is 3.98. The Balaban J connectivity index is 1.74. The highest BCUT2D eigenvalue weighted by molar-refractivity contribution is 5.57. The highest BCUT2D eigenvalue weighted by atomic mass is 16.3. The molecular formula is C14H16N4O. The molecule has 4 rings (SSSR count). The van der Waals surface area contributed by atoms with Crippen LogP contribution in [-0.2, 0) is 0 Å². The lowest BCUT2D eigenvalue weighted by atomic mass is 10.0. The largest absolute Gasteiger partial charge is 0.508 e. The minimum atomic E-state index is 0.265. The fourth-order valence-electron chi connectivity index (χ4n) is 3.21. The monoisotopic (exact) mass is 256 g/mol. The molecule has 1 fully saturated rings. The molecule has 98 valence electrons. The van der Waals surface area contributed by atoms with Gasteiger partial charge in [0.05, 0.1) is 6.04 Å². The van der Waals surface area contributed by atoms with Crippen molar-refractivity contribution in [3.63, 3.8) is 0 Å². The molecule has 5 heteroatoms. The topological polar surface area (TPSA) is 63.0 Å². The van der Waals surface area contributed by atoms with E-state index in [0.29, 0.717) is 12.0 Å². The van der Waals surface area contributed by atoms with Crippen LogP contribution in [0.25, 0.3) is 11.4 Å². The molecule has 2 aromatic rings. The summed E-state index contributed by atoms with van der Waals surface area (Å²) in [6.45, 7) is 1.01. The molecule has 1 saturated carbocycles. The predicted molar refractivity (Wildman–Crippen MR) is 72.0 cm³/mol. The van der Waals surface area contributed by atoms with Crippen molar-refractivity contribution in [2.45, 2.75) is 25.3 Å². The summed E-state index contributed by atoms with van der Waals surface area (Å²) in [4.78, 5) is 4.57. The molecule has 1 aromatic carbocycles. The van der Waals surface area contributed by atoms with Crippen molar-refractivity contribution >= 4 is 5.95 Å². The van der Waals surface area contributed by atoms with Crippen molar-refractivity contribution in [3.8, 4) is 17.1 Å². The highest BCUT2D eigenvalue weighted by Crippen LogP contribution is 2.40. The fourth-order valence-corrected chi connectivity index (χ4v) is 3.21. The molecule has 2 atom stereocenters. The molecule has 0 spiro atoms. The third kappa shape index (κ3) is 1.69. The third-order valence-electron chi connectivity index (χ3n) is 4.21. The number of aromatic nitrogens is 3. The summed E-state index contributed by atoms with van der Waals surface area (Å²) in [6, 6.07) is 7.54. The number of hydrogen-bond acceptors (Lipinski definition) is 4. The van der Waals surface area contributed by atoms with Gasteiger partial charge in [0.15, 0.2) is 5.82 Å². The van der Waals surface area contributed by atoms with Gasteiger partial charge in [-0.15, -0.1) is 5.10 Å². The predicted octanol–water partition coefficient (Wildman–Crippen LogP) is 2.42. The van der Waals surface area contributed by atoms with Crippen LogP contribution < -0.4 is 5.32 Å². The van der Waals surface area contributed by atoms with E-state index in [2.05, 4.69) is 20.1 Å². The van der Waals surface area contributed by atoms with Gasteiger partial charge in [-0.2, -0.15) is 4.98 Å². The molecular weight excluding hydrogens is 240 g/mol. The molecule has 1 aliphatic carbocycles. The van der Waals surface area contributed by atoms with Crippen molar-refractivity contribution in [1.29, 1.82) is 0 Å². The second-order valence-electron chi connectivity index (χ2n) is 5.39. The summed E-state index contributed by atoms with van der Waals surface area (Å²) in [5, 5.41) is 17.4.